The lowest BCUT2D eigenvalue weighted by atomic mass is 10.0. The number of Topliss-reactive ketones (excluding diaryl/α,β-unsaturated/α-hetero) is 1. The molecule has 0 N–H and O–H groups in total. The predicted octanol–water partition coefficient (Wildman–Crippen LogP) is 3.41. The smallest absolute Gasteiger partial charge is 0.168 e. The molecule has 0 atom stereocenters. The molecule has 0 saturated carbocycles. The van der Waals surface area contributed by atoms with Gasteiger partial charge < -0.3 is 9.64 Å². The van der Waals surface area contributed by atoms with E-state index in [0.717, 1.165) is 48.0 Å². The normalized spacial score (nSPS) is 17.6. The van der Waals surface area contributed by atoms with Gasteiger partial charge in [-0.2, -0.15) is 0 Å². The first-order chi connectivity index (χ1) is 10.8. The first kappa shape index (κ1) is 13.9. The van der Waals surface area contributed by atoms with Gasteiger partial charge in [-0.1, -0.05) is 30.0 Å². The lowest BCUT2D eigenvalue weighted by molar-refractivity contribution is 0.0990. The molecular formula is C18H17NO2S. The van der Waals surface area contributed by atoms with Crippen molar-refractivity contribution in [2.75, 3.05) is 31.2 Å². The van der Waals surface area contributed by atoms with E-state index in [1.807, 2.05) is 12.1 Å². The minimum atomic E-state index is 0.211. The first-order valence-electron chi connectivity index (χ1n) is 7.57. The SMILES string of the molecule is O=C1Cc2ccccc2Sc2ccc(N3CCOCC3)cc21. The van der Waals surface area contributed by atoms with Crippen LogP contribution in [0.3, 0.4) is 0 Å². The number of rotatable bonds is 1. The van der Waals surface area contributed by atoms with Crippen LogP contribution in [0.1, 0.15) is 15.9 Å². The molecule has 0 bridgehead atoms. The minimum Gasteiger partial charge on any atom is -0.378 e. The third-order valence-corrected chi connectivity index (χ3v) is 5.38. The zero-order chi connectivity index (χ0) is 14.9. The van der Waals surface area contributed by atoms with E-state index in [9.17, 15) is 4.79 Å². The molecule has 0 spiro atoms. The van der Waals surface area contributed by atoms with Gasteiger partial charge >= 0.3 is 0 Å². The van der Waals surface area contributed by atoms with E-state index in [1.54, 1.807) is 11.8 Å². The zero-order valence-electron chi connectivity index (χ0n) is 12.2. The van der Waals surface area contributed by atoms with Crippen LogP contribution in [-0.4, -0.2) is 32.1 Å². The topological polar surface area (TPSA) is 29.5 Å². The van der Waals surface area contributed by atoms with Gasteiger partial charge in [0.15, 0.2) is 5.78 Å². The van der Waals surface area contributed by atoms with Crippen LogP contribution in [0.2, 0.25) is 0 Å². The van der Waals surface area contributed by atoms with Gasteiger partial charge in [-0.25, -0.2) is 0 Å². The number of hydrogen-bond donors (Lipinski definition) is 0. The average Bonchev–Trinajstić information content (AvgIpc) is 2.71. The number of fused-ring (bicyclic) bond motifs is 2. The Balaban J connectivity index is 1.71. The van der Waals surface area contributed by atoms with Crippen molar-refractivity contribution in [1.29, 1.82) is 0 Å². The van der Waals surface area contributed by atoms with Crippen LogP contribution in [0.4, 0.5) is 5.69 Å². The number of anilines is 1. The Morgan fingerprint density at radius 2 is 1.82 bits per heavy atom. The summed E-state index contributed by atoms with van der Waals surface area (Å²) < 4.78 is 5.40. The standard InChI is InChI=1S/C18H17NO2S/c20-16-11-13-3-1-2-4-17(13)22-18-6-5-14(12-15(16)18)19-7-9-21-10-8-19/h1-6,12H,7-11H2. The van der Waals surface area contributed by atoms with Gasteiger partial charge in [-0.3, -0.25) is 4.79 Å². The highest BCUT2D eigenvalue weighted by Gasteiger charge is 2.22. The Hall–Kier alpha value is -1.78. The molecule has 0 radical (unpaired) electrons. The van der Waals surface area contributed by atoms with E-state index in [1.165, 1.54) is 4.90 Å². The van der Waals surface area contributed by atoms with Crippen LogP contribution >= 0.6 is 11.8 Å². The summed E-state index contributed by atoms with van der Waals surface area (Å²) in [5, 5.41) is 0. The van der Waals surface area contributed by atoms with E-state index in [2.05, 4.69) is 35.2 Å². The van der Waals surface area contributed by atoms with E-state index >= 15 is 0 Å². The molecule has 112 valence electrons. The van der Waals surface area contributed by atoms with Crippen LogP contribution in [0, 0.1) is 0 Å². The lowest BCUT2D eigenvalue weighted by Gasteiger charge is -2.29. The third kappa shape index (κ3) is 2.53. The summed E-state index contributed by atoms with van der Waals surface area (Å²) in [6, 6.07) is 14.4. The van der Waals surface area contributed by atoms with Crippen LogP contribution in [0.5, 0.6) is 0 Å². The van der Waals surface area contributed by atoms with E-state index < -0.39 is 0 Å². The highest BCUT2D eigenvalue weighted by atomic mass is 32.2. The van der Waals surface area contributed by atoms with Crippen molar-refractivity contribution in [2.24, 2.45) is 0 Å². The van der Waals surface area contributed by atoms with Gasteiger partial charge in [0.1, 0.15) is 0 Å². The Bertz CT molecular complexity index is 723. The van der Waals surface area contributed by atoms with Crippen molar-refractivity contribution < 1.29 is 9.53 Å². The summed E-state index contributed by atoms with van der Waals surface area (Å²) in [7, 11) is 0. The monoisotopic (exact) mass is 311 g/mol. The molecule has 4 heteroatoms. The molecule has 2 heterocycles. The summed E-state index contributed by atoms with van der Waals surface area (Å²) >= 11 is 1.70. The van der Waals surface area contributed by atoms with Crippen molar-refractivity contribution >= 4 is 23.2 Å². The Kier molecular flexibility index (Phi) is 3.64. The number of ether oxygens (including phenoxy) is 1. The van der Waals surface area contributed by atoms with Crippen molar-refractivity contribution in [2.45, 2.75) is 16.2 Å². The third-order valence-electron chi connectivity index (χ3n) is 4.18. The second-order valence-electron chi connectivity index (χ2n) is 5.59. The molecule has 1 saturated heterocycles. The number of carbonyl (C=O) groups excluding carboxylic acids is 1. The van der Waals surface area contributed by atoms with Gasteiger partial charge in [0.25, 0.3) is 0 Å². The van der Waals surface area contributed by atoms with Gasteiger partial charge in [-0.15, -0.1) is 0 Å². The fraction of sp³-hybridized carbons (Fsp3) is 0.278. The maximum absolute atomic E-state index is 12.6. The van der Waals surface area contributed by atoms with Gasteiger partial charge in [0.05, 0.1) is 13.2 Å². The molecule has 2 aromatic carbocycles. The molecule has 22 heavy (non-hydrogen) atoms. The summed E-state index contributed by atoms with van der Waals surface area (Å²) in [5.74, 6) is 0.211. The number of ketones is 1. The maximum atomic E-state index is 12.6. The van der Waals surface area contributed by atoms with E-state index in [0.29, 0.717) is 6.42 Å². The predicted molar refractivity (Wildman–Crippen MR) is 88.1 cm³/mol. The second-order valence-corrected chi connectivity index (χ2v) is 6.67. The van der Waals surface area contributed by atoms with Crippen molar-refractivity contribution in [1.82, 2.24) is 0 Å². The molecule has 2 aliphatic heterocycles. The van der Waals surface area contributed by atoms with Crippen LogP contribution < -0.4 is 4.90 Å². The molecule has 0 unspecified atom stereocenters. The highest BCUT2D eigenvalue weighted by molar-refractivity contribution is 7.99. The highest BCUT2D eigenvalue weighted by Crippen LogP contribution is 2.38. The summed E-state index contributed by atoms with van der Waals surface area (Å²) in [6.45, 7) is 3.29. The molecule has 0 aromatic heterocycles. The quantitative estimate of drug-likeness (QED) is 0.807. The van der Waals surface area contributed by atoms with E-state index in [4.69, 9.17) is 4.74 Å². The molecule has 2 aromatic rings. The molecule has 4 rings (SSSR count). The first-order valence-corrected chi connectivity index (χ1v) is 8.38. The largest absolute Gasteiger partial charge is 0.378 e. The number of hydrogen-bond acceptors (Lipinski definition) is 4. The van der Waals surface area contributed by atoms with Gasteiger partial charge in [0.2, 0.25) is 0 Å². The number of benzene rings is 2. The Morgan fingerprint density at radius 1 is 1.00 bits per heavy atom. The molecular weight excluding hydrogens is 294 g/mol. The summed E-state index contributed by atoms with van der Waals surface area (Å²) in [5.41, 5.74) is 3.11. The lowest BCUT2D eigenvalue weighted by Crippen LogP contribution is -2.36. The van der Waals surface area contributed by atoms with Crippen molar-refractivity contribution in [3.63, 3.8) is 0 Å². The summed E-state index contributed by atoms with van der Waals surface area (Å²) in [4.78, 5) is 17.2. The van der Waals surface area contributed by atoms with Crippen molar-refractivity contribution in [3.05, 3.63) is 53.6 Å². The molecule has 2 aliphatic rings. The molecule has 3 nitrogen and oxygen atoms in total. The fourth-order valence-electron chi connectivity index (χ4n) is 2.98. The average molecular weight is 311 g/mol. The zero-order valence-corrected chi connectivity index (χ0v) is 13.1. The van der Waals surface area contributed by atoms with E-state index in [-0.39, 0.29) is 5.78 Å². The molecule has 0 amide bonds. The Labute approximate surface area is 134 Å². The van der Waals surface area contributed by atoms with Crippen LogP contribution in [-0.2, 0) is 11.2 Å². The van der Waals surface area contributed by atoms with Gasteiger partial charge in [-0.05, 0) is 29.8 Å². The van der Waals surface area contributed by atoms with Crippen LogP contribution in [0.25, 0.3) is 0 Å². The summed E-state index contributed by atoms with van der Waals surface area (Å²) in [6.07, 6.45) is 0.489. The van der Waals surface area contributed by atoms with Crippen LogP contribution in [0.15, 0.2) is 52.3 Å². The molecule has 0 aliphatic carbocycles. The maximum Gasteiger partial charge on any atom is 0.168 e. The minimum absolute atomic E-state index is 0.211. The number of morpholine rings is 1. The Morgan fingerprint density at radius 3 is 2.68 bits per heavy atom. The molecule has 1 fully saturated rings. The second kappa shape index (κ2) is 5.78. The van der Waals surface area contributed by atoms with Gasteiger partial charge in [0, 0.05) is 40.6 Å². The van der Waals surface area contributed by atoms with Crippen molar-refractivity contribution in [3.8, 4) is 0 Å². The number of carbonyl (C=O) groups is 1. The fourth-order valence-corrected chi connectivity index (χ4v) is 4.05. The number of nitrogens with zero attached hydrogens (tertiary/aromatic N) is 1.